The molecule has 7 nitrogen and oxygen atoms in total. The highest BCUT2D eigenvalue weighted by Crippen LogP contribution is 2.28. The molecule has 0 unspecified atom stereocenters. The molecule has 0 spiro atoms. The van der Waals surface area contributed by atoms with Crippen molar-refractivity contribution >= 4 is 45.2 Å². The summed E-state index contributed by atoms with van der Waals surface area (Å²) < 4.78 is 10.7. The van der Waals surface area contributed by atoms with Crippen LogP contribution in [-0.4, -0.2) is 49.4 Å². The van der Waals surface area contributed by atoms with Gasteiger partial charge in [-0.05, 0) is 91.5 Å². The van der Waals surface area contributed by atoms with Gasteiger partial charge in [-0.25, -0.2) is 0 Å². The number of rotatable bonds is 12. The van der Waals surface area contributed by atoms with Gasteiger partial charge in [-0.3, -0.25) is 9.59 Å². The number of H-pyrrole nitrogens is 1. The standard InChI is InChI=1S/C34H35N3O4S/c1-37(22-23-12-17-30(40-2)31(20-23)41-3)18-7-19-42-26-15-13-25(14-16-26)35-32(38)21-24-8-6-10-28-33(24)36-29-11-5-4-9-27(29)34(28)39/h4-6,8-17,20H,7,18-19,21-22H2,1-3H3,(H,35,38)(H,36,39). The number of ether oxygens (including phenoxy) is 2. The number of para-hydroxylation sites is 2. The Hall–Kier alpha value is -4.27. The Labute approximate surface area is 249 Å². The van der Waals surface area contributed by atoms with Crippen LogP contribution in [0.4, 0.5) is 5.69 Å². The number of hydrogen-bond donors (Lipinski definition) is 2. The number of pyridine rings is 1. The van der Waals surface area contributed by atoms with E-state index in [4.69, 9.17) is 9.47 Å². The minimum Gasteiger partial charge on any atom is -0.493 e. The number of carbonyl (C=O) groups is 1. The van der Waals surface area contributed by atoms with Crippen molar-refractivity contribution in [2.45, 2.75) is 24.3 Å². The summed E-state index contributed by atoms with van der Waals surface area (Å²) >= 11 is 1.80. The number of anilines is 1. The van der Waals surface area contributed by atoms with E-state index in [9.17, 15) is 9.59 Å². The zero-order valence-electron chi connectivity index (χ0n) is 24.1. The number of thioether (sulfide) groups is 1. The Morgan fingerprint density at radius 1 is 0.905 bits per heavy atom. The molecule has 5 aromatic rings. The Kier molecular flexibility index (Phi) is 9.46. The molecule has 8 heteroatoms. The fraction of sp³-hybridized carbons (Fsp3) is 0.235. The smallest absolute Gasteiger partial charge is 0.228 e. The summed E-state index contributed by atoms with van der Waals surface area (Å²) in [6, 6.07) is 26.9. The number of methoxy groups -OCH3 is 2. The van der Waals surface area contributed by atoms with E-state index in [-0.39, 0.29) is 17.8 Å². The Bertz CT molecular complexity index is 1750. The van der Waals surface area contributed by atoms with Gasteiger partial charge in [0.05, 0.1) is 26.2 Å². The number of aromatic nitrogens is 1. The maximum Gasteiger partial charge on any atom is 0.228 e. The quantitative estimate of drug-likeness (QED) is 0.0995. The average molecular weight is 582 g/mol. The molecule has 5 rings (SSSR count). The minimum atomic E-state index is -0.130. The van der Waals surface area contributed by atoms with E-state index >= 15 is 0 Å². The largest absolute Gasteiger partial charge is 0.493 e. The highest BCUT2D eigenvalue weighted by atomic mass is 32.2. The van der Waals surface area contributed by atoms with Crippen molar-refractivity contribution in [1.82, 2.24) is 9.88 Å². The fourth-order valence-electron chi connectivity index (χ4n) is 5.06. The van der Waals surface area contributed by atoms with Crippen LogP contribution in [0.5, 0.6) is 11.5 Å². The van der Waals surface area contributed by atoms with Gasteiger partial charge in [-0.2, -0.15) is 0 Å². The van der Waals surface area contributed by atoms with Crippen LogP contribution >= 0.6 is 11.8 Å². The van der Waals surface area contributed by atoms with Gasteiger partial charge in [-0.1, -0.05) is 30.3 Å². The van der Waals surface area contributed by atoms with Gasteiger partial charge in [0.25, 0.3) is 0 Å². The predicted molar refractivity (Wildman–Crippen MR) is 172 cm³/mol. The summed E-state index contributed by atoms with van der Waals surface area (Å²) in [5.41, 5.74) is 4.16. The van der Waals surface area contributed by atoms with Crippen LogP contribution in [0.1, 0.15) is 17.5 Å². The molecule has 1 heterocycles. The number of carbonyl (C=O) groups excluding carboxylic acids is 1. The van der Waals surface area contributed by atoms with Crippen molar-refractivity contribution in [2.75, 3.05) is 38.9 Å². The molecule has 0 atom stereocenters. The van der Waals surface area contributed by atoms with Crippen molar-refractivity contribution in [2.24, 2.45) is 0 Å². The summed E-state index contributed by atoms with van der Waals surface area (Å²) in [6.45, 7) is 1.82. The van der Waals surface area contributed by atoms with Gasteiger partial charge in [-0.15, -0.1) is 11.8 Å². The zero-order chi connectivity index (χ0) is 29.5. The van der Waals surface area contributed by atoms with Crippen molar-refractivity contribution in [3.63, 3.8) is 0 Å². The molecule has 0 aliphatic carbocycles. The Morgan fingerprint density at radius 2 is 1.67 bits per heavy atom. The second-order valence-electron chi connectivity index (χ2n) is 10.2. The van der Waals surface area contributed by atoms with Crippen molar-refractivity contribution in [1.29, 1.82) is 0 Å². The van der Waals surface area contributed by atoms with Crippen LogP contribution in [0.3, 0.4) is 0 Å². The molecule has 2 N–H and O–H groups in total. The number of fused-ring (bicyclic) bond motifs is 2. The first-order chi connectivity index (χ1) is 20.4. The lowest BCUT2D eigenvalue weighted by Crippen LogP contribution is -2.19. The molecule has 0 radical (unpaired) electrons. The Balaban J connectivity index is 1.10. The summed E-state index contributed by atoms with van der Waals surface area (Å²) in [7, 11) is 5.42. The minimum absolute atomic E-state index is 0.0285. The van der Waals surface area contributed by atoms with E-state index in [1.165, 1.54) is 5.56 Å². The number of hydrogen-bond acceptors (Lipinski definition) is 6. The van der Waals surface area contributed by atoms with Crippen molar-refractivity contribution in [3.05, 3.63) is 106 Å². The number of nitrogens with zero attached hydrogens (tertiary/aromatic N) is 1. The van der Waals surface area contributed by atoms with E-state index in [1.54, 1.807) is 32.0 Å². The van der Waals surface area contributed by atoms with Crippen LogP contribution in [0, 0.1) is 0 Å². The molecule has 0 bridgehead atoms. The molecule has 1 aromatic heterocycles. The molecule has 216 valence electrons. The van der Waals surface area contributed by atoms with Crippen LogP contribution in [-0.2, 0) is 17.8 Å². The van der Waals surface area contributed by atoms with Crippen LogP contribution < -0.4 is 20.2 Å². The highest BCUT2D eigenvalue weighted by Gasteiger charge is 2.12. The third-order valence-corrected chi connectivity index (χ3v) is 8.27. The van der Waals surface area contributed by atoms with Gasteiger partial charge in [0.2, 0.25) is 5.91 Å². The number of aromatic amines is 1. The van der Waals surface area contributed by atoms with E-state index in [0.29, 0.717) is 16.3 Å². The zero-order valence-corrected chi connectivity index (χ0v) is 24.9. The molecule has 42 heavy (non-hydrogen) atoms. The van der Waals surface area contributed by atoms with Crippen LogP contribution in [0.25, 0.3) is 21.8 Å². The van der Waals surface area contributed by atoms with Crippen LogP contribution in [0.2, 0.25) is 0 Å². The van der Waals surface area contributed by atoms with Gasteiger partial charge < -0.3 is 24.7 Å². The molecular formula is C34H35N3O4S. The average Bonchev–Trinajstić information content (AvgIpc) is 3.00. The Morgan fingerprint density at radius 3 is 2.45 bits per heavy atom. The molecule has 0 aliphatic heterocycles. The summed E-state index contributed by atoms with van der Waals surface area (Å²) in [4.78, 5) is 32.7. The van der Waals surface area contributed by atoms with E-state index < -0.39 is 0 Å². The molecular weight excluding hydrogens is 546 g/mol. The number of nitrogens with one attached hydrogen (secondary N) is 2. The van der Waals surface area contributed by atoms with Gasteiger partial charge >= 0.3 is 0 Å². The molecule has 1 amide bonds. The second kappa shape index (κ2) is 13.6. The van der Waals surface area contributed by atoms with Crippen LogP contribution in [0.15, 0.2) is 94.6 Å². The lowest BCUT2D eigenvalue weighted by atomic mass is 10.0. The number of benzene rings is 4. The summed E-state index contributed by atoms with van der Waals surface area (Å²) in [6.07, 6.45) is 1.22. The third kappa shape index (κ3) is 6.95. The molecule has 4 aromatic carbocycles. The van der Waals surface area contributed by atoms with Gasteiger partial charge in [0.1, 0.15) is 0 Å². The van der Waals surface area contributed by atoms with Crippen molar-refractivity contribution < 1.29 is 14.3 Å². The van der Waals surface area contributed by atoms with E-state index in [2.05, 4.69) is 28.3 Å². The first kappa shape index (κ1) is 29.2. The lowest BCUT2D eigenvalue weighted by Gasteiger charge is -2.17. The number of amides is 1. The first-order valence-electron chi connectivity index (χ1n) is 13.9. The molecule has 0 saturated carbocycles. The summed E-state index contributed by atoms with van der Waals surface area (Å²) in [5.74, 6) is 2.35. The van der Waals surface area contributed by atoms with E-state index in [0.717, 1.165) is 58.4 Å². The lowest BCUT2D eigenvalue weighted by molar-refractivity contribution is -0.115. The van der Waals surface area contributed by atoms with E-state index in [1.807, 2.05) is 72.8 Å². The monoisotopic (exact) mass is 581 g/mol. The molecule has 0 saturated heterocycles. The third-order valence-electron chi connectivity index (χ3n) is 7.17. The highest BCUT2D eigenvalue weighted by molar-refractivity contribution is 7.99. The second-order valence-corrected chi connectivity index (χ2v) is 11.4. The molecule has 0 fully saturated rings. The maximum absolute atomic E-state index is 13.0. The van der Waals surface area contributed by atoms with Gasteiger partial charge in [0, 0.05) is 33.4 Å². The maximum atomic E-state index is 13.0. The molecule has 0 aliphatic rings. The predicted octanol–water partition coefficient (Wildman–Crippen LogP) is 6.49. The van der Waals surface area contributed by atoms with Gasteiger partial charge in [0.15, 0.2) is 16.9 Å². The normalized spacial score (nSPS) is 11.2. The fourth-order valence-corrected chi connectivity index (χ4v) is 5.90. The van der Waals surface area contributed by atoms with Crippen molar-refractivity contribution in [3.8, 4) is 11.5 Å². The first-order valence-corrected chi connectivity index (χ1v) is 14.9. The SMILES string of the molecule is COc1ccc(CN(C)CCCSc2ccc(NC(=O)Cc3cccc4c(=O)c5ccccc5[nH]c34)cc2)cc1OC. The summed E-state index contributed by atoms with van der Waals surface area (Å²) in [5, 5.41) is 4.23. The topological polar surface area (TPSA) is 83.7 Å².